The fourth-order valence-corrected chi connectivity index (χ4v) is 2.72. The first-order valence-corrected chi connectivity index (χ1v) is 6.91. The first-order chi connectivity index (χ1) is 7.68. The predicted octanol–water partition coefficient (Wildman–Crippen LogP) is 5.02. The SMILES string of the molecule is Cc1ccc(Br)c(F)c1CCCC1CCC1. The first-order valence-electron chi connectivity index (χ1n) is 6.12. The topological polar surface area (TPSA) is 0 Å². The van der Waals surface area contributed by atoms with Crippen LogP contribution >= 0.6 is 15.9 Å². The molecular weight excluding hydrogens is 267 g/mol. The van der Waals surface area contributed by atoms with Gasteiger partial charge in [-0.3, -0.25) is 0 Å². The summed E-state index contributed by atoms with van der Waals surface area (Å²) in [5.41, 5.74) is 1.98. The van der Waals surface area contributed by atoms with E-state index < -0.39 is 0 Å². The number of aryl methyl sites for hydroxylation is 1. The highest BCUT2D eigenvalue weighted by Gasteiger charge is 2.17. The molecule has 88 valence electrons. The standard InChI is InChI=1S/C14H18BrF/c1-10-8-9-13(15)14(16)12(10)7-3-6-11-4-2-5-11/h8-9,11H,2-7H2,1H3. The minimum atomic E-state index is -0.0615. The van der Waals surface area contributed by atoms with Crippen molar-refractivity contribution < 1.29 is 4.39 Å². The van der Waals surface area contributed by atoms with Crippen LogP contribution in [0.4, 0.5) is 4.39 Å². The lowest BCUT2D eigenvalue weighted by Gasteiger charge is -2.25. The van der Waals surface area contributed by atoms with E-state index in [4.69, 9.17) is 0 Å². The van der Waals surface area contributed by atoms with Crippen LogP contribution in [0.5, 0.6) is 0 Å². The highest BCUT2D eigenvalue weighted by molar-refractivity contribution is 9.10. The Morgan fingerprint density at radius 3 is 2.75 bits per heavy atom. The smallest absolute Gasteiger partial charge is 0.140 e. The Morgan fingerprint density at radius 2 is 2.12 bits per heavy atom. The van der Waals surface area contributed by atoms with Crippen molar-refractivity contribution in [2.45, 2.75) is 45.4 Å². The predicted molar refractivity (Wildman–Crippen MR) is 69.1 cm³/mol. The summed E-state index contributed by atoms with van der Waals surface area (Å²) >= 11 is 3.25. The molecule has 1 aromatic carbocycles. The van der Waals surface area contributed by atoms with Gasteiger partial charge < -0.3 is 0 Å². The number of hydrogen-bond acceptors (Lipinski definition) is 0. The van der Waals surface area contributed by atoms with Gasteiger partial charge in [-0.1, -0.05) is 31.7 Å². The summed E-state index contributed by atoms with van der Waals surface area (Å²) in [6.07, 6.45) is 7.45. The minimum absolute atomic E-state index is 0.0615. The zero-order valence-corrected chi connectivity index (χ0v) is 11.3. The van der Waals surface area contributed by atoms with Gasteiger partial charge in [0.25, 0.3) is 0 Å². The molecule has 0 amide bonds. The summed E-state index contributed by atoms with van der Waals surface area (Å²) in [5, 5.41) is 0. The van der Waals surface area contributed by atoms with E-state index in [1.54, 1.807) is 6.07 Å². The van der Waals surface area contributed by atoms with Crippen LogP contribution in [0.25, 0.3) is 0 Å². The highest BCUT2D eigenvalue weighted by atomic mass is 79.9. The van der Waals surface area contributed by atoms with Gasteiger partial charge in [-0.2, -0.15) is 0 Å². The summed E-state index contributed by atoms with van der Waals surface area (Å²) in [5.74, 6) is 0.865. The van der Waals surface area contributed by atoms with Crippen molar-refractivity contribution in [3.8, 4) is 0 Å². The summed E-state index contributed by atoms with van der Waals surface area (Å²) in [6, 6.07) is 3.78. The van der Waals surface area contributed by atoms with Crippen LogP contribution in [0, 0.1) is 18.7 Å². The Labute approximate surface area is 105 Å². The molecule has 16 heavy (non-hydrogen) atoms. The summed E-state index contributed by atoms with van der Waals surface area (Å²) < 4.78 is 14.4. The lowest BCUT2D eigenvalue weighted by Crippen LogP contribution is -2.11. The maximum absolute atomic E-state index is 13.8. The van der Waals surface area contributed by atoms with Gasteiger partial charge in [0.2, 0.25) is 0 Å². The van der Waals surface area contributed by atoms with E-state index in [9.17, 15) is 4.39 Å². The second-order valence-electron chi connectivity index (χ2n) is 4.85. The third-order valence-electron chi connectivity index (χ3n) is 3.69. The molecule has 2 rings (SSSR count). The van der Waals surface area contributed by atoms with Gasteiger partial charge in [0.1, 0.15) is 5.82 Å². The van der Waals surface area contributed by atoms with E-state index >= 15 is 0 Å². The van der Waals surface area contributed by atoms with Crippen LogP contribution in [-0.4, -0.2) is 0 Å². The molecule has 0 bridgehead atoms. The van der Waals surface area contributed by atoms with Crippen LogP contribution in [0.1, 0.15) is 43.2 Å². The molecule has 1 aliphatic rings. The average molecular weight is 285 g/mol. The van der Waals surface area contributed by atoms with Crippen molar-refractivity contribution in [3.63, 3.8) is 0 Å². The number of hydrogen-bond donors (Lipinski definition) is 0. The molecule has 0 unspecified atom stereocenters. The molecule has 1 fully saturated rings. The zero-order valence-electron chi connectivity index (χ0n) is 9.73. The summed E-state index contributed by atoms with van der Waals surface area (Å²) in [4.78, 5) is 0. The van der Waals surface area contributed by atoms with Crippen molar-refractivity contribution >= 4 is 15.9 Å². The molecule has 0 aromatic heterocycles. The molecular formula is C14H18BrF. The fraction of sp³-hybridized carbons (Fsp3) is 0.571. The molecule has 1 saturated carbocycles. The Bertz CT molecular complexity index is 369. The van der Waals surface area contributed by atoms with Crippen molar-refractivity contribution in [1.82, 2.24) is 0 Å². The highest BCUT2D eigenvalue weighted by Crippen LogP contribution is 2.31. The first kappa shape index (κ1) is 12.1. The normalized spacial score (nSPS) is 16.2. The molecule has 0 radical (unpaired) electrons. The van der Waals surface area contributed by atoms with Gasteiger partial charge in [-0.05, 0) is 58.8 Å². The lowest BCUT2D eigenvalue weighted by atomic mass is 9.81. The second-order valence-corrected chi connectivity index (χ2v) is 5.70. The molecule has 0 aliphatic heterocycles. The molecule has 0 heterocycles. The molecule has 0 atom stereocenters. The molecule has 0 spiro atoms. The van der Waals surface area contributed by atoms with Crippen molar-refractivity contribution in [2.24, 2.45) is 5.92 Å². The Kier molecular flexibility index (Phi) is 4.01. The Morgan fingerprint density at radius 1 is 1.38 bits per heavy atom. The van der Waals surface area contributed by atoms with E-state index in [2.05, 4.69) is 15.9 Å². The van der Waals surface area contributed by atoms with Crippen LogP contribution in [-0.2, 0) is 6.42 Å². The van der Waals surface area contributed by atoms with Gasteiger partial charge >= 0.3 is 0 Å². The maximum atomic E-state index is 13.8. The van der Waals surface area contributed by atoms with Crippen LogP contribution in [0.3, 0.4) is 0 Å². The average Bonchev–Trinajstić information content (AvgIpc) is 2.20. The number of benzene rings is 1. The van der Waals surface area contributed by atoms with Crippen molar-refractivity contribution in [2.75, 3.05) is 0 Å². The van der Waals surface area contributed by atoms with E-state index in [1.165, 1.54) is 25.7 Å². The van der Waals surface area contributed by atoms with Crippen LogP contribution in [0.2, 0.25) is 0 Å². The van der Waals surface area contributed by atoms with Crippen molar-refractivity contribution in [1.29, 1.82) is 0 Å². The van der Waals surface area contributed by atoms with Gasteiger partial charge in [-0.25, -0.2) is 4.39 Å². The largest absolute Gasteiger partial charge is 0.205 e. The van der Waals surface area contributed by atoms with E-state index in [-0.39, 0.29) is 5.82 Å². The quantitative estimate of drug-likeness (QED) is 0.728. The Balaban J connectivity index is 1.94. The number of halogens is 2. The molecule has 1 aliphatic carbocycles. The minimum Gasteiger partial charge on any atom is -0.205 e. The van der Waals surface area contributed by atoms with Crippen LogP contribution < -0.4 is 0 Å². The van der Waals surface area contributed by atoms with Gasteiger partial charge in [-0.15, -0.1) is 0 Å². The Hall–Kier alpha value is -0.370. The summed E-state index contributed by atoms with van der Waals surface area (Å²) in [6.45, 7) is 1.99. The monoisotopic (exact) mass is 284 g/mol. The molecule has 2 heteroatoms. The third kappa shape index (κ3) is 2.65. The lowest BCUT2D eigenvalue weighted by molar-refractivity contribution is 0.289. The van der Waals surface area contributed by atoms with Crippen molar-refractivity contribution in [3.05, 3.63) is 33.5 Å². The molecule has 0 saturated heterocycles. The maximum Gasteiger partial charge on any atom is 0.140 e. The molecule has 1 aromatic rings. The zero-order chi connectivity index (χ0) is 11.5. The molecule has 0 N–H and O–H groups in total. The third-order valence-corrected chi connectivity index (χ3v) is 4.31. The van der Waals surface area contributed by atoms with E-state index in [0.717, 1.165) is 29.9 Å². The van der Waals surface area contributed by atoms with Crippen LogP contribution in [0.15, 0.2) is 16.6 Å². The van der Waals surface area contributed by atoms with Gasteiger partial charge in [0, 0.05) is 0 Å². The second kappa shape index (κ2) is 5.31. The van der Waals surface area contributed by atoms with E-state index in [0.29, 0.717) is 4.47 Å². The number of rotatable bonds is 4. The van der Waals surface area contributed by atoms with Gasteiger partial charge in [0.05, 0.1) is 4.47 Å². The fourth-order valence-electron chi connectivity index (χ4n) is 2.35. The van der Waals surface area contributed by atoms with Gasteiger partial charge in [0.15, 0.2) is 0 Å². The molecule has 0 nitrogen and oxygen atoms in total. The van der Waals surface area contributed by atoms with E-state index in [1.807, 2.05) is 13.0 Å². The summed E-state index contributed by atoms with van der Waals surface area (Å²) in [7, 11) is 0.